The van der Waals surface area contributed by atoms with Crippen molar-refractivity contribution in [3.8, 4) is 0 Å². The first-order valence-corrected chi connectivity index (χ1v) is 6.36. The summed E-state index contributed by atoms with van der Waals surface area (Å²) in [7, 11) is 0. The molecular formula is C11H23N5. The molecule has 0 saturated carbocycles. The number of rotatable bonds is 9. The predicted octanol–water partition coefficient (Wildman–Crippen LogP) is 2.40. The summed E-state index contributed by atoms with van der Waals surface area (Å²) in [5, 5.41) is 11.4. The fourth-order valence-electron chi connectivity index (χ4n) is 1.74. The molecule has 0 aliphatic rings. The van der Waals surface area contributed by atoms with E-state index >= 15 is 0 Å². The molecule has 1 rings (SSSR count). The Morgan fingerprint density at radius 1 is 1.00 bits per heavy atom. The van der Waals surface area contributed by atoms with Crippen LogP contribution in [0.2, 0.25) is 0 Å². The minimum atomic E-state index is 0.263. The molecule has 1 aromatic heterocycles. The fourth-order valence-corrected chi connectivity index (χ4v) is 1.74. The first kappa shape index (κ1) is 12.9. The average molecular weight is 225 g/mol. The first-order valence-electron chi connectivity index (χ1n) is 6.36. The lowest BCUT2D eigenvalue weighted by Crippen LogP contribution is -2.02. The number of anilines is 1. The van der Waals surface area contributed by atoms with E-state index in [1.54, 1.807) is 4.80 Å². The Hall–Kier alpha value is -1.13. The van der Waals surface area contributed by atoms with Crippen LogP contribution < -0.4 is 5.73 Å². The van der Waals surface area contributed by atoms with Crippen molar-refractivity contribution in [1.82, 2.24) is 20.2 Å². The molecule has 2 N–H and O–H groups in total. The molecule has 0 radical (unpaired) electrons. The number of nitrogen functional groups attached to an aromatic ring is 1. The molecule has 5 nitrogen and oxygen atoms in total. The third-order valence-corrected chi connectivity index (χ3v) is 2.68. The van der Waals surface area contributed by atoms with Gasteiger partial charge in [0.1, 0.15) is 0 Å². The molecule has 0 aromatic carbocycles. The molecule has 0 bridgehead atoms. The van der Waals surface area contributed by atoms with Gasteiger partial charge in [0.15, 0.2) is 0 Å². The van der Waals surface area contributed by atoms with E-state index < -0.39 is 0 Å². The van der Waals surface area contributed by atoms with Crippen LogP contribution in [-0.2, 0) is 6.54 Å². The molecule has 16 heavy (non-hydrogen) atoms. The standard InChI is InChI=1S/C11H23N5/c1-2-3-4-5-6-7-8-9-10-16-14-11(12)13-15-16/h2-10H2,1H3,(H2,12,14). The van der Waals surface area contributed by atoms with Gasteiger partial charge in [-0.2, -0.15) is 4.80 Å². The third kappa shape index (κ3) is 5.68. The molecule has 1 aromatic rings. The largest absolute Gasteiger partial charge is 0.365 e. The van der Waals surface area contributed by atoms with Crippen molar-refractivity contribution in [2.24, 2.45) is 0 Å². The summed E-state index contributed by atoms with van der Waals surface area (Å²) in [5.41, 5.74) is 5.37. The Morgan fingerprint density at radius 3 is 2.19 bits per heavy atom. The van der Waals surface area contributed by atoms with E-state index in [0.29, 0.717) is 0 Å². The van der Waals surface area contributed by atoms with Crippen LogP contribution >= 0.6 is 0 Å². The van der Waals surface area contributed by atoms with Gasteiger partial charge in [0, 0.05) is 0 Å². The molecule has 0 amide bonds. The molecule has 0 saturated heterocycles. The molecule has 0 spiro atoms. The van der Waals surface area contributed by atoms with E-state index in [2.05, 4.69) is 22.3 Å². The normalized spacial score (nSPS) is 10.8. The van der Waals surface area contributed by atoms with Crippen LogP contribution in [0.25, 0.3) is 0 Å². The van der Waals surface area contributed by atoms with Crippen molar-refractivity contribution in [1.29, 1.82) is 0 Å². The number of hydrogen-bond donors (Lipinski definition) is 1. The van der Waals surface area contributed by atoms with Gasteiger partial charge in [-0.15, -0.1) is 5.10 Å². The minimum absolute atomic E-state index is 0.263. The number of tetrazole rings is 1. The highest BCUT2D eigenvalue weighted by molar-refractivity contribution is 5.06. The zero-order valence-electron chi connectivity index (χ0n) is 10.2. The van der Waals surface area contributed by atoms with Crippen LogP contribution in [0.3, 0.4) is 0 Å². The number of hydrogen-bond acceptors (Lipinski definition) is 4. The highest BCUT2D eigenvalue weighted by atomic mass is 15.6. The van der Waals surface area contributed by atoms with Gasteiger partial charge in [0.2, 0.25) is 0 Å². The smallest absolute Gasteiger partial charge is 0.260 e. The summed E-state index contributed by atoms with van der Waals surface area (Å²) >= 11 is 0. The Morgan fingerprint density at radius 2 is 1.62 bits per heavy atom. The van der Waals surface area contributed by atoms with Gasteiger partial charge in [0.05, 0.1) is 6.54 Å². The van der Waals surface area contributed by atoms with Crippen LogP contribution in [0.4, 0.5) is 5.95 Å². The SMILES string of the molecule is CCCCCCCCCCn1nnc(N)n1. The van der Waals surface area contributed by atoms with Crippen LogP contribution in [-0.4, -0.2) is 20.2 Å². The Balaban J connectivity index is 1.88. The van der Waals surface area contributed by atoms with E-state index in [4.69, 9.17) is 5.73 Å². The fraction of sp³-hybridized carbons (Fsp3) is 0.909. The van der Waals surface area contributed by atoms with Crippen molar-refractivity contribution in [3.05, 3.63) is 0 Å². The molecule has 0 fully saturated rings. The van der Waals surface area contributed by atoms with Gasteiger partial charge in [-0.25, -0.2) is 0 Å². The van der Waals surface area contributed by atoms with Crippen molar-refractivity contribution in [2.45, 2.75) is 64.8 Å². The molecule has 0 aliphatic heterocycles. The zero-order chi connectivity index (χ0) is 11.6. The molecule has 1 heterocycles. The number of nitrogens with two attached hydrogens (primary N) is 1. The van der Waals surface area contributed by atoms with Gasteiger partial charge in [0.25, 0.3) is 5.95 Å². The molecule has 5 heteroatoms. The Kier molecular flexibility index (Phi) is 6.53. The predicted molar refractivity (Wildman–Crippen MR) is 64.8 cm³/mol. The van der Waals surface area contributed by atoms with Gasteiger partial charge in [-0.1, -0.05) is 57.0 Å². The quantitative estimate of drug-likeness (QED) is 0.655. The second kappa shape index (κ2) is 8.07. The Bertz CT molecular complexity index is 271. The molecule has 0 atom stereocenters. The zero-order valence-corrected chi connectivity index (χ0v) is 10.2. The van der Waals surface area contributed by atoms with E-state index in [-0.39, 0.29) is 5.95 Å². The van der Waals surface area contributed by atoms with Crippen LogP contribution in [0, 0.1) is 0 Å². The van der Waals surface area contributed by atoms with Crippen LogP contribution in [0.5, 0.6) is 0 Å². The molecule has 0 aliphatic carbocycles. The van der Waals surface area contributed by atoms with E-state index in [1.165, 1.54) is 44.9 Å². The van der Waals surface area contributed by atoms with Crippen LogP contribution in [0.1, 0.15) is 58.3 Å². The number of aromatic nitrogens is 4. The summed E-state index contributed by atoms with van der Waals surface area (Å²) in [4.78, 5) is 1.58. The lowest BCUT2D eigenvalue weighted by Gasteiger charge is -2.00. The van der Waals surface area contributed by atoms with Gasteiger partial charge >= 0.3 is 0 Å². The lowest BCUT2D eigenvalue weighted by atomic mass is 10.1. The maximum atomic E-state index is 5.37. The second-order valence-corrected chi connectivity index (χ2v) is 4.22. The summed E-state index contributed by atoms with van der Waals surface area (Å²) in [5.74, 6) is 0.263. The third-order valence-electron chi connectivity index (χ3n) is 2.68. The van der Waals surface area contributed by atoms with Crippen molar-refractivity contribution >= 4 is 5.95 Å². The maximum absolute atomic E-state index is 5.37. The maximum Gasteiger partial charge on any atom is 0.260 e. The highest BCUT2D eigenvalue weighted by Gasteiger charge is 1.97. The van der Waals surface area contributed by atoms with Crippen molar-refractivity contribution in [2.75, 3.05) is 5.73 Å². The molecule has 92 valence electrons. The first-order chi connectivity index (χ1) is 7.83. The summed E-state index contributed by atoms with van der Waals surface area (Å²) in [6.07, 6.45) is 10.5. The summed E-state index contributed by atoms with van der Waals surface area (Å²) in [6, 6.07) is 0. The summed E-state index contributed by atoms with van der Waals surface area (Å²) in [6.45, 7) is 3.08. The van der Waals surface area contributed by atoms with Gasteiger partial charge in [-0.05, 0) is 11.6 Å². The van der Waals surface area contributed by atoms with Gasteiger partial charge < -0.3 is 5.73 Å². The lowest BCUT2D eigenvalue weighted by molar-refractivity contribution is 0.472. The Labute approximate surface area is 97.4 Å². The highest BCUT2D eigenvalue weighted by Crippen LogP contribution is 2.08. The van der Waals surface area contributed by atoms with Gasteiger partial charge in [-0.3, -0.25) is 0 Å². The topological polar surface area (TPSA) is 69.6 Å². The van der Waals surface area contributed by atoms with E-state index in [1.807, 2.05) is 0 Å². The summed E-state index contributed by atoms with van der Waals surface area (Å²) < 4.78 is 0. The number of unbranched alkanes of at least 4 members (excludes halogenated alkanes) is 7. The monoisotopic (exact) mass is 225 g/mol. The molecular weight excluding hydrogens is 202 g/mol. The second-order valence-electron chi connectivity index (χ2n) is 4.22. The van der Waals surface area contributed by atoms with Crippen LogP contribution in [0.15, 0.2) is 0 Å². The van der Waals surface area contributed by atoms with Crippen molar-refractivity contribution < 1.29 is 0 Å². The molecule has 0 unspecified atom stereocenters. The average Bonchev–Trinajstić information content (AvgIpc) is 2.68. The van der Waals surface area contributed by atoms with E-state index in [0.717, 1.165) is 13.0 Å². The van der Waals surface area contributed by atoms with Crippen molar-refractivity contribution in [3.63, 3.8) is 0 Å². The van der Waals surface area contributed by atoms with E-state index in [9.17, 15) is 0 Å². The minimum Gasteiger partial charge on any atom is -0.365 e. The number of aryl methyl sites for hydroxylation is 1. The number of nitrogens with zero attached hydrogens (tertiary/aromatic N) is 4.